The molecule has 1 amide bonds. The third kappa shape index (κ3) is 4.32. The molecule has 0 unspecified atom stereocenters. The largest absolute Gasteiger partial charge is 0.495 e. The highest BCUT2D eigenvalue weighted by Gasteiger charge is 2.08. The van der Waals surface area contributed by atoms with Crippen molar-refractivity contribution in [3.05, 3.63) is 77.9 Å². The Balaban J connectivity index is 1.61. The highest BCUT2D eigenvalue weighted by atomic mass is 19.1. The van der Waals surface area contributed by atoms with Crippen LogP contribution in [0.5, 0.6) is 5.75 Å². The molecule has 1 aromatic heterocycles. The van der Waals surface area contributed by atoms with Gasteiger partial charge in [0.2, 0.25) is 5.95 Å². The van der Waals surface area contributed by atoms with Gasteiger partial charge in [-0.15, -0.1) is 0 Å². The van der Waals surface area contributed by atoms with E-state index in [1.54, 1.807) is 19.2 Å². The molecule has 2 N–H and O–H groups in total. The van der Waals surface area contributed by atoms with Crippen LogP contribution in [0.25, 0.3) is 0 Å². The average Bonchev–Trinajstić information content (AvgIpc) is 2.68. The van der Waals surface area contributed by atoms with Crippen molar-refractivity contribution in [3.8, 4) is 5.75 Å². The van der Waals surface area contributed by atoms with Crippen molar-refractivity contribution in [1.82, 2.24) is 15.3 Å². The molecule has 132 valence electrons. The molecule has 0 spiro atoms. The van der Waals surface area contributed by atoms with E-state index in [1.165, 1.54) is 24.5 Å². The molecule has 3 rings (SSSR count). The molecule has 0 aliphatic rings. The number of methoxy groups -OCH3 is 1. The lowest BCUT2D eigenvalue weighted by Gasteiger charge is -2.10. The van der Waals surface area contributed by atoms with Crippen LogP contribution in [0.2, 0.25) is 0 Å². The molecule has 0 saturated carbocycles. The summed E-state index contributed by atoms with van der Waals surface area (Å²) in [4.78, 5) is 20.4. The molecule has 0 fully saturated rings. The van der Waals surface area contributed by atoms with Gasteiger partial charge in [0, 0.05) is 18.9 Å². The van der Waals surface area contributed by atoms with Crippen LogP contribution in [-0.4, -0.2) is 23.0 Å². The van der Waals surface area contributed by atoms with E-state index in [-0.39, 0.29) is 11.7 Å². The first kappa shape index (κ1) is 17.3. The first-order chi connectivity index (χ1) is 12.7. The van der Waals surface area contributed by atoms with Crippen LogP contribution >= 0.6 is 0 Å². The lowest BCUT2D eigenvalue weighted by atomic mass is 10.2. The van der Waals surface area contributed by atoms with E-state index in [0.717, 1.165) is 11.3 Å². The van der Waals surface area contributed by atoms with Crippen molar-refractivity contribution in [2.24, 2.45) is 0 Å². The molecule has 2 aromatic carbocycles. The van der Waals surface area contributed by atoms with Gasteiger partial charge in [-0.25, -0.2) is 14.4 Å². The summed E-state index contributed by atoms with van der Waals surface area (Å²) in [5, 5.41) is 5.78. The third-order valence-electron chi connectivity index (χ3n) is 3.63. The molecule has 6 nitrogen and oxygen atoms in total. The van der Waals surface area contributed by atoms with E-state index in [2.05, 4.69) is 20.6 Å². The van der Waals surface area contributed by atoms with Gasteiger partial charge in [-0.05, 0) is 29.8 Å². The number of ether oxygens (including phenoxy) is 1. The quantitative estimate of drug-likeness (QED) is 0.712. The van der Waals surface area contributed by atoms with Crippen LogP contribution in [0, 0.1) is 5.82 Å². The van der Waals surface area contributed by atoms with E-state index in [4.69, 9.17) is 4.74 Å². The van der Waals surface area contributed by atoms with Gasteiger partial charge < -0.3 is 15.4 Å². The number of para-hydroxylation sites is 2. The minimum atomic E-state index is -0.313. The number of benzene rings is 2. The number of hydrogen-bond donors (Lipinski definition) is 2. The number of nitrogens with zero attached hydrogens (tertiary/aromatic N) is 2. The molecule has 1 heterocycles. The fraction of sp³-hybridized carbons (Fsp3) is 0.105. The zero-order chi connectivity index (χ0) is 18.4. The van der Waals surface area contributed by atoms with Crippen LogP contribution in [-0.2, 0) is 6.54 Å². The van der Waals surface area contributed by atoms with Crippen molar-refractivity contribution in [1.29, 1.82) is 0 Å². The third-order valence-corrected chi connectivity index (χ3v) is 3.63. The highest BCUT2D eigenvalue weighted by molar-refractivity contribution is 5.93. The van der Waals surface area contributed by atoms with E-state index >= 15 is 0 Å². The standard InChI is InChI=1S/C19H17FN4O2/c1-26-17-5-3-2-4-16(17)24-19-22-11-14(12-23-19)18(25)21-10-13-6-8-15(20)9-7-13/h2-9,11-12H,10H2,1H3,(H,21,25)(H,22,23,24). The minimum Gasteiger partial charge on any atom is -0.495 e. The van der Waals surface area contributed by atoms with Crippen molar-refractivity contribution < 1.29 is 13.9 Å². The lowest BCUT2D eigenvalue weighted by molar-refractivity contribution is 0.0950. The van der Waals surface area contributed by atoms with Crippen LogP contribution in [0.3, 0.4) is 0 Å². The number of anilines is 2. The topological polar surface area (TPSA) is 76.1 Å². The maximum atomic E-state index is 12.9. The first-order valence-electron chi connectivity index (χ1n) is 7.90. The van der Waals surface area contributed by atoms with Crippen LogP contribution in [0.1, 0.15) is 15.9 Å². The van der Waals surface area contributed by atoms with Gasteiger partial charge in [0.05, 0.1) is 18.4 Å². The first-order valence-corrected chi connectivity index (χ1v) is 7.90. The number of carbonyl (C=O) groups is 1. The van der Waals surface area contributed by atoms with E-state index < -0.39 is 0 Å². The number of halogens is 1. The summed E-state index contributed by atoms with van der Waals surface area (Å²) in [5.41, 5.74) is 1.86. The molecule has 0 bridgehead atoms. The highest BCUT2D eigenvalue weighted by Crippen LogP contribution is 2.25. The van der Waals surface area contributed by atoms with Gasteiger partial charge in [0.1, 0.15) is 11.6 Å². The van der Waals surface area contributed by atoms with Gasteiger partial charge in [-0.3, -0.25) is 4.79 Å². The second kappa shape index (κ2) is 8.06. The number of nitrogens with one attached hydrogen (secondary N) is 2. The lowest BCUT2D eigenvalue weighted by Crippen LogP contribution is -2.23. The molecule has 26 heavy (non-hydrogen) atoms. The van der Waals surface area contributed by atoms with E-state index in [9.17, 15) is 9.18 Å². The second-order valence-electron chi connectivity index (χ2n) is 5.43. The molecular weight excluding hydrogens is 335 g/mol. The zero-order valence-corrected chi connectivity index (χ0v) is 14.1. The number of rotatable bonds is 6. The van der Waals surface area contributed by atoms with Crippen LogP contribution in [0.15, 0.2) is 60.9 Å². The maximum Gasteiger partial charge on any atom is 0.254 e. The second-order valence-corrected chi connectivity index (χ2v) is 5.43. The Morgan fingerprint density at radius 3 is 2.46 bits per heavy atom. The number of hydrogen-bond acceptors (Lipinski definition) is 5. The van der Waals surface area contributed by atoms with Gasteiger partial charge in [0.15, 0.2) is 0 Å². The molecule has 0 radical (unpaired) electrons. The summed E-state index contributed by atoms with van der Waals surface area (Å²) in [6, 6.07) is 13.3. The van der Waals surface area contributed by atoms with Gasteiger partial charge in [-0.1, -0.05) is 24.3 Å². The molecule has 0 atom stereocenters. The molecule has 0 aliphatic heterocycles. The van der Waals surface area contributed by atoms with E-state index in [0.29, 0.717) is 23.8 Å². The summed E-state index contributed by atoms with van der Waals surface area (Å²) >= 11 is 0. The summed E-state index contributed by atoms with van der Waals surface area (Å²) < 4.78 is 18.1. The average molecular weight is 352 g/mol. The van der Waals surface area contributed by atoms with Gasteiger partial charge in [-0.2, -0.15) is 0 Å². The summed E-state index contributed by atoms with van der Waals surface area (Å²) in [6.07, 6.45) is 2.87. The number of carbonyl (C=O) groups excluding carboxylic acids is 1. The minimum absolute atomic E-state index is 0.292. The van der Waals surface area contributed by atoms with Crippen LogP contribution in [0.4, 0.5) is 16.0 Å². The SMILES string of the molecule is COc1ccccc1Nc1ncc(C(=O)NCc2ccc(F)cc2)cn1. The molecule has 7 heteroatoms. The predicted molar refractivity (Wildman–Crippen MR) is 95.9 cm³/mol. The van der Waals surface area contributed by atoms with Crippen molar-refractivity contribution in [2.45, 2.75) is 6.54 Å². The van der Waals surface area contributed by atoms with Crippen LogP contribution < -0.4 is 15.4 Å². The molecule has 0 saturated heterocycles. The Hall–Kier alpha value is -3.48. The van der Waals surface area contributed by atoms with Gasteiger partial charge in [0.25, 0.3) is 5.91 Å². The summed E-state index contributed by atoms with van der Waals surface area (Å²) in [6.45, 7) is 0.292. The number of amides is 1. The molecule has 0 aliphatic carbocycles. The van der Waals surface area contributed by atoms with E-state index in [1.807, 2.05) is 24.3 Å². The molecule has 3 aromatic rings. The Kier molecular flexibility index (Phi) is 5.38. The monoisotopic (exact) mass is 352 g/mol. The summed E-state index contributed by atoms with van der Waals surface area (Å²) in [7, 11) is 1.58. The zero-order valence-electron chi connectivity index (χ0n) is 14.1. The van der Waals surface area contributed by atoms with Crippen molar-refractivity contribution in [3.63, 3.8) is 0 Å². The smallest absolute Gasteiger partial charge is 0.254 e. The fourth-order valence-corrected chi connectivity index (χ4v) is 2.26. The van der Waals surface area contributed by atoms with Gasteiger partial charge >= 0.3 is 0 Å². The Morgan fingerprint density at radius 1 is 1.08 bits per heavy atom. The van der Waals surface area contributed by atoms with Crippen molar-refractivity contribution >= 4 is 17.5 Å². The fourth-order valence-electron chi connectivity index (χ4n) is 2.26. The Morgan fingerprint density at radius 2 is 1.77 bits per heavy atom. The maximum absolute atomic E-state index is 12.9. The Bertz CT molecular complexity index is 883. The predicted octanol–water partition coefficient (Wildman–Crippen LogP) is 3.30. The number of aromatic nitrogens is 2. The van der Waals surface area contributed by atoms with Crippen molar-refractivity contribution in [2.75, 3.05) is 12.4 Å². The molecular formula is C19H17FN4O2. The Labute approximate surface area is 150 Å². The normalized spacial score (nSPS) is 10.2. The summed E-state index contributed by atoms with van der Waals surface area (Å²) in [5.74, 6) is 0.395.